The topological polar surface area (TPSA) is 64.4 Å². The third kappa shape index (κ3) is 3.12. The van der Waals surface area contributed by atoms with Crippen LogP contribution >= 0.6 is 0 Å². The highest BCUT2D eigenvalue weighted by molar-refractivity contribution is 5.97. The van der Waals surface area contributed by atoms with Crippen LogP contribution in [0, 0.1) is 5.92 Å². The smallest absolute Gasteiger partial charge is 0.254 e. The summed E-state index contributed by atoms with van der Waals surface area (Å²) in [4.78, 5) is 11.6. The number of nitrogen functional groups attached to an aromatic ring is 1. The van der Waals surface area contributed by atoms with Crippen LogP contribution in [0.2, 0.25) is 0 Å². The van der Waals surface area contributed by atoms with Crippen molar-refractivity contribution in [2.45, 2.75) is 19.3 Å². The Morgan fingerprint density at radius 3 is 2.94 bits per heavy atom. The van der Waals surface area contributed by atoms with Crippen molar-refractivity contribution in [3.05, 3.63) is 23.8 Å². The van der Waals surface area contributed by atoms with Crippen molar-refractivity contribution >= 4 is 11.6 Å². The van der Waals surface area contributed by atoms with Gasteiger partial charge in [-0.3, -0.25) is 4.79 Å². The molecule has 17 heavy (non-hydrogen) atoms. The summed E-state index contributed by atoms with van der Waals surface area (Å²) in [6.45, 7) is 0.651. The molecule has 92 valence electrons. The van der Waals surface area contributed by atoms with Crippen molar-refractivity contribution in [1.29, 1.82) is 0 Å². The van der Waals surface area contributed by atoms with Crippen molar-refractivity contribution in [3.63, 3.8) is 0 Å². The molecule has 0 heterocycles. The van der Waals surface area contributed by atoms with Gasteiger partial charge >= 0.3 is 0 Å². The molecule has 1 aliphatic rings. The van der Waals surface area contributed by atoms with Crippen molar-refractivity contribution in [1.82, 2.24) is 5.32 Å². The second-order valence-electron chi connectivity index (χ2n) is 4.42. The van der Waals surface area contributed by atoms with Crippen LogP contribution in [-0.2, 0) is 0 Å². The Morgan fingerprint density at radius 1 is 1.53 bits per heavy atom. The summed E-state index contributed by atoms with van der Waals surface area (Å²) in [5.74, 6) is 1.25. The van der Waals surface area contributed by atoms with E-state index < -0.39 is 0 Å². The maximum atomic E-state index is 11.6. The summed E-state index contributed by atoms with van der Waals surface area (Å²) in [7, 11) is 1.60. The molecule has 0 radical (unpaired) electrons. The molecule has 4 heteroatoms. The van der Waals surface area contributed by atoms with E-state index in [1.807, 2.05) is 0 Å². The van der Waals surface area contributed by atoms with Gasteiger partial charge in [0.15, 0.2) is 0 Å². The highest BCUT2D eigenvalue weighted by Gasteiger charge is 2.21. The van der Waals surface area contributed by atoms with Crippen LogP contribution in [0.3, 0.4) is 0 Å². The van der Waals surface area contributed by atoms with Crippen LogP contribution in [0.4, 0.5) is 5.69 Å². The molecule has 0 atom stereocenters. The van der Waals surface area contributed by atoms with Crippen molar-refractivity contribution < 1.29 is 9.53 Å². The van der Waals surface area contributed by atoms with Gasteiger partial charge in [0.05, 0.1) is 12.2 Å². The standard InChI is InChI=1S/C13H18N2O2/c1-15-13(16)11-5-4-10(14)8-12(11)17-7-6-9-2-3-9/h4-5,8-9H,2-3,6-7,14H2,1H3,(H,15,16). The molecule has 0 spiro atoms. The zero-order chi connectivity index (χ0) is 12.3. The van der Waals surface area contributed by atoms with Crippen molar-refractivity contribution in [2.75, 3.05) is 19.4 Å². The minimum absolute atomic E-state index is 0.147. The fourth-order valence-corrected chi connectivity index (χ4v) is 1.72. The Morgan fingerprint density at radius 2 is 2.29 bits per heavy atom. The van der Waals surface area contributed by atoms with Crippen LogP contribution in [0.15, 0.2) is 18.2 Å². The van der Waals surface area contributed by atoms with Gasteiger partial charge in [-0.15, -0.1) is 0 Å². The van der Waals surface area contributed by atoms with Crippen LogP contribution in [0.5, 0.6) is 5.75 Å². The minimum atomic E-state index is -0.147. The van der Waals surface area contributed by atoms with Gasteiger partial charge < -0.3 is 15.8 Å². The first-order chi connectivity index (χ1) is 8.20. The summed E-state index contributed by atoms with van der Waals surface area (Å²) in [6.07, 6.45) is 3.67. The first-order valence-corrected chi connectivity index (χ1v) is 5.95. The lowest BCUT2D eigenvalue weighted by atomic mass is 10.1. The predicted molar refractivity (Wildman–Crippen MR) is 67.1 cm³/mol. The number of ether oxygens (including phenoxy) is 1. The zero-order valence-electron chi connectivity index (χ0n) is 10.0. The minimum Gasteiger partial charge on any atom is -0.493 e. The molecule has 1 saturated carbocycles. The Hall–Kier alpha value is -1.71. The normalized spacial score (nSPS) is 14.4. The number of hydrogen-bond donors (Lipinski definition) is 2. The summed E-state index contributed by atoms with van der Waals surface area (Å²) in [5, 5.41) is 2.59. The van der Waals surface area contributed by atoms with Gasteiger partial charge in [0, 0.05) is 18.8 Å². The lowest BCUT2D eigenvalue weighted by molar-refractivity contribution is 0.0959. The molecular formula is C13H18N2O2. The third-order valence-electron chi connectivity index (χ3n) is 2.96. The maximum Gasteiger partial charge on any atom is 0.254 e. The van der Waals surface area contributed by atoms with Gasteiger partial charge in [0.25, 0.3) is 5.91 Å². The van der Waals surface area contributed by atoms with Crippen molar-refractivity contribution in [2.24, 2.45) is 5.92 Å². The lowest BCUT2D eigenvalue weighted by Gasteiger charge is -2.11. The quantitative estimate of drug-likeness (QED) is 0.764. The molecule has 1 aliphatic carbocycles. The largest absolute Gasteiger partial charge is 0.493 e. The first-order valence-electron chi connectivity index (χ1n) is 5.95. The van der Waals surface area contributed by atoms with E-state index in [-0.39, 0.29) is 5.91 Å². The molecule has 4 nitrogen and oxygen atoms in total. The highest BCUT2D eigenvalue weighted by atomic mass is 16.5. The van der Waals surface area contributed by atoms with Crippen LogP contribution in [0.25, 0.3) is 0 Å². The Labute approximate surface area is 101 Å². The second kappa shape index (κ2) is 5.08. The SMILES string of the molecule is CNC(=O)c1ccc(N)cc1OCCC1CC1. The molecule has 1 fully saturated rings. The van der Waals surface area contributed by atoms with Gasteiger partial charge in [-0.25, -0.2) is 0 Å². The molecule has 1 aromatic rings. The van der Waals surface area contributed by atoms with Crippen LogP contribution in [-0.4, -0.2) is 19.6 Å². The Kier molecular flexibility index (Phi) is 3.52. The number of hydrogen-bond acceptors (Lipinski definition) is 3. The molecule has 1 aromatic carbocycles. The third-order valence-corrected chi connectivity index (χ3v) is 2.96. The van der Waals surface area contributed by atoms with E-state index in [0.29, 0.717) is 23.6 Å². The van der Waals surface area contributed by atoms with E-state index in [4.69, 9.17) is 10.5 Å². The van der Waals surface area contributed by atoms with Crippen LogP contribution in [0.1, 0.15) is 29.6 Å². The highest BCUT2D eigenvalue weighted by Crippen LogP contribution is 2.32. The monoisotopic (exact) mass is 234 g/mol. The summed E-state index contributed by atoms with van der Waals surface area (Å²) < 4.78 is 5.65. The molecule has 0 unspecified atom stereocenters. The molecular weight excluding hydrogens is 216 g/mol. The summed E-state index contributed by atoms with van der Waals surface area (Å²) in [6, 6.07) is 5.11. The molecule has 0 bridgehead atoms. The number of carbonyl (C=O) groups excluding carboxylic acids is 1. The number of rotatable bonds is 5. The summed E-state index contributed by atoms with van der Waals surface area (Å²) in [5.41, 5.74) is 6.85. The molecule has 3 N–H and O–H groups in total. The zero-order valence-corrected chi connectivity index (χ0v) is 10.0. The average molecular weight is 234 g/mol. The average Bonchev–Trinajstić information content (AvgIpc) is 3.12. The molecule has 0 saturated heterocycles. The number of amides is 1. The number of nitrogens with two attached hydrogens (primary N) is 1. The van der Waals surface area contributed by atoms with E-state index in [1.165, 1.54) is 12.8 Å². The van der Waals surface area contributed by atoms with E-state index in [0.717, 1.165) is 12.3 Å². The van der Waals surface area contributed by atoms with E-state index >= 15 is 0 Å². The second-order valence-corrected chi connectivity index (χ2v) is 4.42. The maximum absolute atomic E-state index is 11.6. The van der Waals surface area contributed by atoms with Gasteiger partial charge in [-0.2, -0.15) is 0 Å². The van der Waals surface area contributed by atoms with E-state index in [1.54, 1.807) is 25.2 Å². The fourth-order valence-electron chi connectivity index (χ4n) is 1.72. The van der Waals surface area contributed by atoms with E-state index in [9.17, 15) is 4.79 Å². The van der Waals surface area contributed by atoms with E-state index in [2.05, 4.69) is 5.32 Å². The number of carbonyl (C=O) groups is 1. The van der Waals surface area contributed by atoms with Gasteiger partial charge in [-0.1, -0.05) is 12.8 Å². The Balaban J connectivity index is 2.05. The molecule has 0 aromatic heterocycles. The number of nitrogens with one attached hydrogen (secondary N) is 1. The fraction of sp³-hybridized carbons (Fsp3) is 0.462. The summed E-state index contributed by atoms with van der Waals surface area (Å²) >= 11 is 0. The van der Waals surface area contributed by atoms with Crippen molar-refractivity contribution in [3.8, 4) is 5.75 Å². The molecule has 2 rings (SSSR count). The Bertz CT molecular complexity index is 414. The van der Waals surface area contributed by atoms with Gasteiger partial charge in [0.1, 0.15) is 5.75 Å². The predicted octanol–water partition coefficient (Wildman–Crippen LogP) is 1.81. The molecule has 1 amide bonds. The lowest BCUT2D eigenvalue weighted by Crippen LogP contribution is -2.19. The van der Waals surface area contributed by atoms with Gasteiger partial charge in [-0.05, 0) is 24.5 Å². The molecule has 0 aliphatic heterocycles. The number of benzene rings is 1. The van der Waals surface area contributed by atoms with Gasteiger partial charge in [0.2, 0.25) is 0 Å². The van der Waals surface area contributed by atoms with Crippen LogP contribution < -0.4 is 15.8 Å². The first kappa shape index (κ1) is 11.8. The number of anilines is 1.